The molecule has 4 nitrogen and oxygen atoms in total. The third-order valence-electron chi connectivity index (χ3n) is 4.20. The highest BCUT2D eigenvalue weighted by Crippen LogP contribution is 2.30. The Bertz CT molecular complexity index is 937. The highest BCUT2D eigenvalue weighted by molar-refractivity contribution is 7.14. The zero-order valence-corrected chi connectivity index (χ0v) is 17.3. The largest absolute Gasteiger partial charge is 0.372 e. The van der Waals surface area contributed by atoms with Crippen LogP contribution in [0.15, 0.2) is 47.8 Å². The van der Waals surface area contributed by atoms with Gasteiger partial charge in [0.15, 0.2) is 5.13 Å². The van der Waals surface area contributed by atoms with Crippen LogP contribution < -0.4 is 10.2 Å². The maximum Gasteiger partial charge on any atom is 0.257 e. The molecule has 0 radical (unpaired) electrons. The van der Waals surface area contributed by atoms with Crippen LogP contribution in [0.3, 0.4) is 0 Å². The molecule has 1 aromatic heterocycles. The second-order valence-electron chi connectivity index (χ2n) is 5.84. The van der Waals surface area contributed by atoms with Gasteiger partial charge in [-0.1, -0.05) is 29.3 Å². The summed E-state index contributed by atoms with van der Waals surface area (Å²) in [5, 5.41) is 6.23. The van der Waals surface area contributed by atoms with E-state index in [1.54, 1.807) is 12.1 Å². The van der Waals surface area contributed by atoms with Crippen molar-refractivity contribution in [3.8, 4) is 11.3 Å². The monoisotopic (exact) mass is 419 g/mol. The number of thiazole rings is 1. The van der Waals surface area contributed by atoms with Gasteiger partial charge in [-0.15, -0.1) is 11.3 Å². The first-order valence-electron chi connectivity index (χ1n) is 8.59. The number of aromatic nitrogens is 1. The van der Waals surface area contributed by atoms with Gasteiger partial charge >= 0.3 is 0 Å². The van der Waals surface area contributed by atoms with E-state index in [4.69, 9.17) is 23.2 Å². The molecule has 1 heterocycles. The van der Waals surface area contributed by atoms with Crippen LogP contribution in [0.4, 0.5) is 10.8 Å². The van der Waals surface area contributed by atoms with E-state index in [-0.39, 0.29) is 5.91 Å². The van der Waals surface area contributed by atoms with Gasteiger partial charge in [-0.25, -0.2) is 4.98 Å². The zero-order chi connectivity index (χ0) is 19.4. The Morgan fingerprint density at radius 3 is 2.41 bits per heavy atom. The molecule has 0 unspecified atom stereocenters. The van der Waals surface area contributed by atoms with E-state index in [1.807, 2.05) is 35.7 Å². The normalized spacial score (nSPS) is 10.7. The molecule has 1 N–H and O–H groups in total. The van der Waals surface area contributed by atoms with Crippen molar-refractivity contribution < 1.29 is 4.79 Å². The summed E-state index contributed by atoms with van der Waals surface area (Å²) in [6, 6.07) is 12.9. The summed E-state index contributed by atoms with van der Waals surface area (Å²) in [5.41, 5.74) is 3.29. The van der Waals surface area contributed by atoms with E-state index in [0.717, 1.165) is 30.0 Å². The number of hydrogen-bond acceptors (Lipinski definition) is 4. The van der Waals surface area contributed by atoms with Crippen molar-refractivity contribution in [2.45, 2.75) is 13.8 Å². The average molecular weight is 420 g/mol. The summed E-state index contributed by atoms with van der Waals surface area (Å²) in [6.07, 6.45) is 0. The predicted molar refractivity (Wildman–Crippen MR) is 116 cm³/mol. The lowest BCUT2D eigenvalue weighted by Gasteiger charge is -2.20. The second-order valence-corrected chi connectivity index (χ2v) is 7.51. The fourth-order valence-electron chi connectivity index (χ4n) is 2.70. The number of carbonyl (C=O) groups excluding carboxylic acids is 1. The molecule has 0 spiro atoms. The molecule has 0 saturated carbocycles. The first-order chi connectivity index (χ1) is 13.0. The van der Waals surface area contributed by atoms with Gasteiger partial charge in [0.1, 0.15) is 0 Å². The molecule has 0 aliphatic rings. The lowest BCUT2D eigenvalue weighted by Crippen LogP contribution is -2.21. The Morgan fingerprint density at radius 2 is 1.78 bits per heavy atom. The third-order valence-corrected chi connectivity index (χ3v) is 5.69. The lowest BCUT2D eigenvalue weighted by atomic mass is 10.2. The summed E-state index contributed by atoms with van der Waals surface area (Å²) in [4.78, 5) is 19.2. The third kappa shape index (κ3) is 4.61. The number of amides is 1. The Hall–Kier alpha value is -2.08. The first-order valence-corrected chi connectivity index (χ1v) is 10.2. The molecule has 0 aliphatic carbocycles. The maximum atomic E-state index is 12.5. The van der Waals surface area contributed by atoms with E-state index in [9.17, 15) is 4.79 Å². The highest BCUT2D eigenvalue weighted by Gasteiger charge is 2.11. The zero-order valence-electron chi connectivity index (χ0n) is 15.0. The summed E-state index contributed by atoms with van der Waals surface area (Å²) >= 11 is 13.4. The van der Waals surface area contributed by atoms with Gasteiger partial charge in [0.25, 0.3) is 5.91 Å². The first kappa shape index (κ1) is 19.7. The minimum atomic E-state index is -0.184. The predicted octanol–water partition coefficient (Wildman–Crippen LogP) is 6.22. The molecule has 7 heteroatoms. The molecule has 3 aromatic rings. The second kappa shape index (κ2) is 8.74. The molecule has 0 saturated heterocycles. The van der Waals surface area contributed by atoms with Crippen LogP contribution >= 0.6 is 34.5 Å². The Kier molecular flexibility index (Phi) is 6.37. The van der Waals surface area contributed by atoms with E-state index < -0.39 is 0 Å². The Morgan fingerprint density at radius 1 is 1.07 bits per heavy atom. The number of nitrogens with one attached hydrogen (secondary N) is 1. The Labute approximate surface area is 172 Å². The fraction of sp³-hybridized carbons (Fsp3) is 0.200. The molecular weight excluding hydrogens is 401 g/mol. The van der Waals surface area contributed by atoms with Gasteiger partial charge in [-0.05, 0) is 50.2 Å². The van der Waals surface area contributed by atoms with Crippen molar-refractivity contribution >= 4 is 51.3 Å². The van der Waals surface area contributed by atoms with Crippen molar-refractivity contribution in [1.29, 1.82) is 0 Å². The summed E-state index contributed by atoms with van der Waals surface area (Å²) in [6.45, 7) is 6.08. The van der Waals surface area contributed by atoms with Crippen LogP contribution in [0.25, 0.3) is 11.3 Å². The van der Waals surface area contributed by atoms with Crippen molar-refractivity contribution in [1.82, 2.24) is 4.98 Å². The van der Waals surface area contributed by atoms with Crippen LogP contribution in [-0.2, 0) is 0 Å². The van der Waals surface area contributed by atoms with E-state index in [1.165, 1.54) is 11.3 Å². The average Bonchev–Trinajstić information content (AvgIpc) is 3.14. The fourth-order valence-corrected chi connectivity index (χ4v) is 3.71. The topological polar surface area (TPSA) is 45.2 Å². The van der Waals surface area contributed by atoms with Crippen molar-refractivity contribution in [2.24, 2.45) is 0 Å². The van der Waals surface area contributed by atoms with E-state index >= 15 is 0 Å². The van der Waals surface area contributed by atoms with E-state index in [2.05, 4.69) is 29.0 Å². The molecule has 3 rings (SSSR count). The summed E-state index contributed by atoms with van der Waals surface area (Å²) < 4.78 is 0. The number of rotatable bonds is 6. The molecule has 1 amide bonds. The summed E-state index contributed by atoms with van der Waals surface area (Å²) in [7, 11) is 0. The molecule has 0 aliphatic heterocycles. The number of nitrogens with zero attached hydrogens (tertiary/aromatic N) is 2. The van der Waals surface area contributed by atoms with Crippen LogP contribution in [0.1, 0.15) is 24.2 Å². The minimum Gasteiger partial charge on any atom is -0.372 e. The molecular formula is C20H19Cl2N3OS. The lowest BCUT2D eigenvalue weighted by molar-refractivity contribution is 0.102. The molecule has 0 atom stereocenters. The minimum absolute atomic E-state index is 0.184. The smallest absolute Gasteiger partial charge is 0.257 e. The number of anilines is 2. The van der Waals surface area contributed by atoms with Crippen molar-refractivity contribution in [3.05, 3.63) is 63.5 Å². The summed E-state index contributed by atoms with van der Waals surface area (Å²) in [5.74, 6) is -0.184. The van der Waals surface area contributed by atoms with Crippen LogP contribution in [0.5, 0.6) is 0 Å². The van der Waals surface area contributed by atoms with Gasteiger partial charge in [0.05, 0.1) is 15.7 Å². The maximum absolute atomic E-state index is 12.5. The molecule has 0 bridgehead atoms. The Balaban J connectivity index is 1.71. The molecule has 0 fully saturated rings. The number of halogens is 2. The molecule has 2 aromatic carbocycles. The molecule has 140 valence electrons. The SMILES string of the molecule is CCN(CC)c1ccc(C(=O)Nc2nc(-c3ccc(Cl)c(Cl)c3)cs2)cc1. The van der Waals surface area contributed by atoms with Crippen molar-refractivity contribution in [2.75, 3.05) is 23.3 Å². The number of carbonyl (C=O) groups is 1. The van der Waals surface area contributed by atoms with Gasteiger partial charge in [0.2, 0.25) is 0 Å². The van der Waals surface area contributed by atoms with Gasteiger partial charge in [0, 0.05) is 35.3 Å². The van der Waals surface area contributed by atoms with Crippen LogP contribution in [0, 0.1) is 0 Å². The number of benzene rings is 2. The van der Waals surface area contributed by atoms with Crippen LogP contribution in [0.2, 0.25) is 10.0 Å². The van der Waals surface area contributed by atoms with Gasteiger partial charge < -0.3 is 4.90 Å². The standard InChI is InChI=1S/C20H19Cl2N3OS/c1-3-25(4-2)15-8-5-13(6-9-15)19(26)24-20-23-18(12-27-20)14-7-10-16(21)17(22)11-14/h5-12H,3-4H2,1-2H3,(H,23,24,26). The van der Waals surface area contributed by atoms with Gasteiger partial charge in [-0.2, -0.15) is 0 Å². The molecule has 27 heavy (non-hydrogen) atoms. The van der Waals surface area contributed by atoms with Crippen molar-refractivity contribution in [3.63, 3.8) is 0 Å². The van der Waals surface area contributed by atoms with Gasteiger partial charge in [-0.3, -0.25) is 10.1 Å². The number of hydrogen-bond donors (Lipinski definition) is 1. The van der Waals surface area contributed by atoms with E-state index in [0.29, 0.717) is 20.7 Å². The van der Waals surface area contributed by atoms with Crippen LogP contribution in [-0.4, -0.2) is 24.0 Å². The highest BCUT2D eigenvalue weighted by atomic mass is 35.5. The quantitative estimate of drug-likeness (QED) is 0.515.